The lowest BCUT2D eigenvalue weighted by Gasteiger charge is -2.42. The van der Waals surface area contributed by atoms with Crippen molar-refractivity contribution in [3.05, 3.63) is 12.4 Å². The quantitative estimate of drug-likeness (QED) is 0.881. The van der Waals surface area contributed by atoms with Gasteiger partial charge < -0.3 is 14.7 Å². The second-order valence-electron chi connectivity index (χ2n) is 5.05. The summed E-state index contributed by atoms with van der Waals surface area (Å²) < 4.78 is 5.24. The van der Waals surface area contributed by atoms with Crippen LogP contribution in [0.1, 0.15) is 26.7 Å². The van der Waals surface area contributed by atoms with Crippen molar-refractivity contribution >= 4 is 5.82 Å². The Kier molecular flexibility index (Phi) is 3.71. The van der Waals surface area contributed by atoms with E-state index in [-0.39, 0.29) is 5.92 Å². The van der Waals surface area contributed by atoms with Gasteiger partial charge in [-0.1, -0.05) is 6.92 Å². The number of hydrogen-bond acceptors (Lipinski definition) is 5. The van der Waals surface area contributed by atoms with Gasteiger partial charge in [0.1, 0.15) is 0 Å². The summed E-state index contributed by atoms with van der Waals surface area (Å²) in [5, 5.41) is 10.3. The summed E-state index contributed by atoms with van der Waals surface area (Å²) in [6, 6.07) is 0. The van der Waals surface area contributed by atoms with Crippen LogP contribution in [-0.2, 0) is 0 Å². The first-order chi connectivity index (χ1) is 8.58. The molecule has 1 aromatic rings. The summed E-state index contributed by atoms with van der Waals surface area (Å²) in [6.45, 7) is 5.60. The van der Waals surface area contributed by atoms with Crippen LogP contribution in [-0.4, -0.2) is 40.9 Å². The van der Waals surface area contributed by atoms with Gasteiger partial charge in [-0.3, -0.25) is 0 Å². The van der Waals surface area contributed by atoms with E-state index in [4.69, 9.17) is 4.74 Å². The molecule has 2 rings (SSSR count). The Balaban J connectivity index is 2.20. The van der Waals surface area contributed by atoms with E-state index < -0.39 is 5.60 Å². The van der Waals surface area contributed by atoms with Gasteiger partial charge in [0.15, 0.2) is 5.82 Å². The zero-order valence-electron chi connectivity index (χ0n) is 11.3. The molecule has 1 aliphatic heterocycles. The van der Waals surface area contributed by atoms with Gasteiger partial charge in [-0.15, -0.1) is 0 Å². The fraction of sp³-hybridized carbons (Fsp3) is 0.692. The van der Waals surface area contributed by atoms with Crippen molar-refractivity contribution in [1.82, 2.24) is 9.97 Å². The number of ether oxygens (including phenoxy) is 1. The number of nitrogens with zero attached hydrogens (tertiary/aromatic N) is 3. The number of hydrogen-bond donors (Lipinski definition) is 1. The topological polar surface area (TPSA) is 58.5 Å². The van der Waals surface area contributed by atoms with E-state index in [1.807, 2.05) is 6.92 Å². The molecule has 0 saturated carbocycles. The van der Waals surface area contributed by atoms with Crippen molar-refractivity contribution in [3.8, 4) is 5.88 Å². The summed E-state index contributed by atoms with van der Waals surface area (Å²) in [5.41, 5.74) is -0.583. The van der Waals surface area contributed by atoms with Crippen LogP contribution in [0.15, 0.2) is 12.4 Å². The van der Waals surface area contributed by atoms with Gasteiger partial charge in [-0.25, -0.2) is 9.97 Å². The van der Waals surface area contributed by atoms with E-state index in [1.54, 1.807) is 19.5 Å². The first-order valence-electron chi connectivity index (χ1n) is 6.40. The SMILES string of the molecule is CC[C@@H]1CN(c2nccnc2OC)CC[C@]1(C)O. The van der Waals surface area contributed by atoms with Crippen LogP contribution in [0.4, 0.5) is 5.82 Å². The molecule has 0 bridgehead atoms. The second-order valence-corrected chi connectivity index (χ2v) is 5.05. The fourth-order valence-electron chi connectivity index (χ4n) is 2.56. The molecule has 100 valence electrons. The maximum Gasteiger partial charge on any atom is 0.257 e. The van der Waals surface area contributed by atoms with Crippen LogP contribution in [0.25, 0.3) is 0 Å². The van der Waals surface area contributed by atoms with Crippen LogP contribution in [0.5, 0.6) is 5.88 Å². The van der Waals surface area contributed by atoms with Crippen molar-refractivity contribution in [2.45, 2.75) is 32.3 Å². The van der Waals surface area contributed by atoms with Gasteiger partial charge in [0, 0.05) is 31.4 Å². The molecule has 1 saturated heterocycles. The molecular formula is C13H21N3O2. The standard InChI is InChI=1S/C13H21N3O2/c1-4-10-9-16(8-5-13(10,2)17)11-12(18-3)15-7-6-14-11/h6-7,10,17H,4-5,8-9H2,1-3H3/t10-,13+/m1/s1. The number of anilines is 1. The average Bonchev–Trinajstić information content (AvgIpc) is 2.38. The molecule has 18 heavy (non-hydrogen) atoms. The maximum absolute atomic E-state index is 10.3. The van der Waals surface area contributed by atoms with Crippen molar-refractivity contribution in [2.75, 3.05) is 25.1 Å². The Bertz CT molecular complexity index is 409. The third-order valence-electron chi connectivity index (χ3n) is 3.84. The van der Waals surface area contributed by atoms with Crippen molar-refractivity contribution in [1.29, 1.82) is 0 Å². The van der Waals surface area contributed by atoms with Crippen LogP contribution in [0.2, 0.25) is 0 Å². The molecule has 0 radical (unpaired) electrons. The lowest BCUT2D eigenvalue weighted by atomic mass is 9.81. The Labute approximate surface area is 108 Å². The summed E-state index contributed by atoms with van der Waals surface area (Å²) >= 11 is 0. The largest absolute Gasteiger partial charge is 0.478 e. The first kappa shape index (κ1) is 13.1. The summed E-state index contributed by atoms with van der Waals surface area (Å²) in [5.74, 6) is 1.57. The molecule has 2 heterocycles. The Hall–Kier alpha value is -1.36. The van der Waals surface area contributed by atoms with Gasteiger partial charge in [-0.2, -0.15) is 0 Å². The van der Waals surface area contributed by atoms with E-state index >= 15 is 0 Å². The Morgan fingerprint density at radius 1 is 1.50 bits per heavy atom. The molecule has 2 atom stereocenters. The average molecular weight is 251 g/mol. The molecule has 0 unspecified atom stereocenters. The maximum atomic E-state index is 10.3. The van der Waals surface area contributed by atoms with Gasteiger partial charge in [0.2, 0.25) is 0 Å². The summed E-state index contributed by atoms with van der Waals surface area (Å²) in [4.78, 5) is 10.7. The molecule has 1 N–H and O–H groups in total. The predicted octanol–water partition coefficient (Wildman–Crippen LogP) is 1.47. The van der Waals surface area contributed by atoms with Crippen LogP contribution in [0.3, 0.4) is 0 Å². The highest BCUT2D eigenvalue weighted by molar-refractivity contribution is 5.48. The monoisotopic (exact) mass is 251 g/mol. The fourth-order valence-corrected chi connectivity index (χ4v) is 2.56. The second kappa shape index (κ2) is 5.10. The molecular weight excluding hydrogens is 230 g/mol. The molecule has 0 aliphatic carbocycles. The van der Waals surface area contributed by atoms with E-state index in [2.05, 4.69) is 21.8 Å². The summed E-state index contributed by atoms with van der Waals surface area (Å²) in [6.07, 6.45) is 4.99. The van der Waals surface area contributed by atoms with Gasteiger partial charge >= 0.3 is 0 Å². The van der Waals surface area contributed by atoms with Crippen LogP contribution >= 0.6 is 0 Å². The highest BCUT2D eigenvalue weighted by Crippen LogP contribution is 2.34. The molecule has 1 fully saturated rings. The highest BCUT2D eigenvalue weighted by atomic mass is 16.5. The minimum atomic E-state index is -0.583. The van der Waals surface area contributed by atoms with E-state index in [0.717, 1.165) is 31.7 Å². The van der Waals surface area contributed by atoms with Crippen molar-refractivity contribution in [3.63, 3.8) is 0 Å². The van der Waals surface area contributed by atoms with E-state index in [0.29, 0.717) is 5.88 Å². The minimum absolute atomic E-state index is 0.248. The first-order valence-corrected chi connectivity index (χ1v) is 6.40. The number of aromatic nitrogens is 2. The normalized spacial score (nSPS) is 28.2. The van der Waals surface area contributed by atoms with Crippen molar-refractivity contribution < 1.29 is 9.84 Å². The zero-order chi connectivity index (χ0) is 13.2. The molecule has 1 aliphatic rings. The number of methoxy groups -OCH3 is 1. The third kappa shape index (κ3) is 2.41. The molecule has 5 nitrogen and oxygen atoms in total. The third-order valence-corrected chi connectivity index (χ3v) is 3.84. The Morgan fingerprint density at radius 2 is 2.22 bits per heavy atom. The number of aliphatic hydroxyl groups is 1. The van der Waals surface area contributed by atoms with Gasteiger partial charge in [-0.05, 0) is 19.8 Å². The minimum Gasteiger partial charge on any atom is -0.478 e. The lowest BCUT2D eigenvalue weighted by Crippen LogP contribution is -2.50. The predicted molar refractivity (Wildman–Crippen MR) is 69.8 cm³/mol. The van der Waals surface area contributed by atoms with E-state index in [9.17, 15) is 5.11 Å². The summed E-state index contributed by atoms with van der Waals surface area (Å²) in [7, 11) is 1.60. The molecule has 5 heteroatoms. The zero-order valence-corrected chi connectivity index (χ0v) is 11.3. The highest BCUT2D eigenvalue weighted by Gasteiger charge is 2.37. The number of rotatable bonds is 3. The number of piperidine rings is 1. The van der Waals surface area contributed by atoms with Crippen molar-refractivity contribution in [2.24, 2.45) is 5.92 Å². The molecule has 1 aromatic heterocycles. The lowest BCUT2D eigenvalue weighted by molar-refractivity contribution is -0.0184. The Morgan fingerprint density at radius 3 is 2.89 bits per heavy atom. The molecule has 0 aromatic carbocycles. The smallest absolute Gasteiger partial charge is 0.257 e. The molecule has 0 amide bonds. The van der Waals surface area contributed by atoms with Crippen LogP contribution in [0, 0.1) is 5.92 Å². The van der Waals surface area contributed by atoms with Crippen LogP contribution < -0.4 is 9.64 Å². The van der Waals surface area contributed by atoms with E-state index in [1.165, 1.54) is 0 Å². The van der Waals surface area contributed by atoms with Gasteiger partial charge in [0.05, 0.1) is 12.7 Å². The van der Waals surface area contributed by atoms with Gasteiger partial charge in [0.25, 0.3) is 5.88 Å². The molecule has 0 spiro atoms.